The first-order valence-electron chi connectivity index (χ1n) is 28.3. The van der Waals surface area contributed by atoms with E-state index in [0.717, 1.165) is 22.6 Å². The van der Waals surface area contributed by atoms with Gasteiger partial charge in [0.25, 0.3) is 0 Å². The molecule has 78 heavy (non-hydrogen) atoms. The monoisotopic (exact) mass is 1100 g/mol. The van der Waals surface area contributed by atoms with Crippen molar-refractivity contribution in [3.63, 3.8) is 0 Å². The van der Waals surface area contributed by atoms with E-state index in [1.165, 1.54) is 14.0 Å². The number of likely N-dealkylation sites (N-methyl/N-ethyl adjacent to an activating group) is 2. The van der Waals surface area contributed by atoms with Gasteiger partial charge in [-0.2, -0.15) is 0 Å². The summed E-state index contributed by atoms with van der Waals surface area (Å²) in [5, 5.41) is 69.0. The van der Waals surface area contributed by atoms with Gasteiger partial charge in [0, 0.05) is 70.2 Å². The summed E-state index contributed by atoms with van der Waals surface area (Å²) < 4.78 is 45.2. The number of ether oxygens (including phenoxy) is 7. The fourth-order valence-corrected chi connectivity index (χ4v) is 12.4. The molecule has 438 valence electrons. The molecule has 5 N–H and O–H groups in total. The molecule has 4 heterocycles. The summed E-state index contributed by atoms with van der Waals surface area (Å²) in [6.07, 6.45) is -4.21. The zero-order valence-electron chi connectivity index (χ0n) is 48.8. The van der Waals surface area contributed by atoms with Gasteiger partial charge in [-0.05, 0) is 129 Å². The van der Waals surface area contributed by atoms with Crippen LogP contribution in [0.4, 0.5) is 0 Å². The molecule has 19 nitrogen and oxygen atoms in total. The number of esters is 2. The number of cyclic esters (lactones) is 1. The van der Waals surface area contributed by atoms with Crippen LogP contribution in [0.1, 0.15) is 124 Å². The van der Waals surface area contributed by atoms with E-state index < -0.39 is 102 Å². The van der Waals surface area contributed by atoms with Crippen LogP contribution < -0.4 is 4.74 Å². The first kappa shape index (κ1) is 63.1. The van der Waals surface area contributed by atoms with E-state index in [4.69, 9.17) is 33.2 Å². The smallest absolute Gasteiger partial charge is 0.338 e. The van der Waals surface area contributed by atoms with Crippen molar-refractivity contribution in [3.05, 3.63) is 66.0 Å². The molecule has 1 aromatic heterocycles. The van der Waals surface area contributed by atoms with Gasteiger partial charge in [0.15, 0.2) is 6.29 Å². The van der Waals surface area contributed by atoms with Crippen molar-refractivity contribution in [2.45, 2.75) is 205 Å². The standard InChI is InChI=1S/C59H93N5O14/c1-15-48-59(11,71)51(66)39(7)63(13)33-35(3)31-57(9,70)53(37(5)49(38(6)54(68)77-48)47-32-58(10,72-14)52(67)40(8)76-47)78-56-50(65)46(30-36(4)75-56)62(12)28-26-44-34-64(61-60-44)27-17-29-74-45-24-22-42(23-25-45)41-18-20-43(21-19-41)55(69)73-16-2/h18-25,34-40,46-53,56,65-67,70-71H,15-17,26-33H2,1-14H3/t35-,36-,37+,38-,39-,40+,46+,47?,48-,49+,50-,51-,52+,53-,56+,57-,58-,59-/m1/s1. The van der Waals surface area contributed by atoms with Gasteiger partial charge >= 0.3 is 11.9 Å². The molecule has 0 spiro atoms. The van der Waals surface area contributed by atoms with Crippen LogP contribution in [-0.2, 0) is 46.2 Å². The van der Waals surface area contributed by atoms with E-state index in [1.54, 1.807) is 51.4 Å². The number of aromatic nitrogens is 3. The average molecular weight is 1100 g/mol. The zero-order chi connectivity index (χ0) is 57.4. The van der Waals surface area contributed by atoms with Crippen molar-refractivity contribution in [1.82, 2.24) is 24.8 Å². The Kier molecular flexibility index (Phi) is 21.9. The normalized spacial score (nSPS) is 36.8. The highest BCUT2D eigenvalue weighted by Gasteiger charge is 2.55. The molecule has 2 aromatic carbocycles. The predicted molar refractivity (Wildman–Crippen MR) is 293 cm³/mol. The van der Waals surface area contributed by atoms with Crippen LogP contribution in [0.3, 0.4) is 0 Å². The molecule has 0 radical (unpaired) electrons. The number of aliphatic hydroxyl groups is 5. The van der Waals surface area contributed by atoms with Crippen LogP contribution in [0.15, 0.2) is 54.7 Å². The van der Waals surface area contributed by atoms with Gasteiger partial charge in [0.05, 0.1) is 66.0 Å². The summed E-state index contributed by atoms with van der Waals surface area (Å²) in [7, 11) is 5.33. The number of hydrogen-bond donors (Lipinski definition) is 5. The van der Waals surface area contributed by atoms with E-state index in [1.807, 2.05) is 96.2 Å². The minimum atomic E-state index is -1.82. The number of carbonyl (C=O) groups is 2. The molecule has 18 atom stereocenters. The van der Waals surface area contributed by atoms with Crippen molar-refractivity contribution >= 4 is 11.9 Å². The Balaban J connectivity index is 1.15. The number of methoxy groups -OCH3 is 1. The van der Waals surface area contributed by atoms with E-state index in [2.05, 4.69) is 15.2 Å². The third-order valence-electron chi connectivity index (χ3n) is 17.2. The fourth-order valence-electron chi connectivity index (χ4n) is 12.4. The second-order valence-electron chi connectivity index (χ2n) is 23.5. The maximum Gasteiger partial charge on any atom is 0.338 e. The number of nitrogens with zero attached hydrogens (tertiary/aromatic N) is 5. The van der Waals surface area contributed by atoms with Gasteiger partial charge in [0.2, 0.25) is 0 Å². The van der Waals surface area contributed by atoms with Crippen molar-refractivity contribution in [3.8, 4) is 16.9 Å². The molecule has 3 saturated heterocycles. The third-order valence-corrected chi connectivity index (χ3v) is 17.2. The van der Waals surface area contributed by atoms with Crippen LogP contribution in [0.5, 0.6) is 5.75 Å². The lowest BCUT2D eigenvalue weighted by Crippen LogP contribution is -2.62. The summed E-state index contributed by atoms with van der Waals surface area (Å²) in [5.74, 6) is -2.75. The van der Waals surface area contributed by atoms with Crippen LogP contribution in [0.25, 0.3) is 11.1 Å². The van der Waals surface area contributed by atoms with Crippen LogP contribution in [-0.4, -0.2) is 194 Å². The predicted octanol–water partition coefficient (Wildman–Crippen LogP) is 5.69. The van der Waals surface area contributed by atoms with E-state index in [0.29, 0.717) is 57.7 Å². The van der Waals surface area contributed by atoms with Gasteiger partial charge in [0.1, 0.15) is 35.8 Å². The van der Waals surface area contributed by atoms with Gasteiger partial charge < -0.3 is 68.5 Å². The van der Waals surface area contributed by atoms with Crippen molar-refractivity contribution in [1.29, 1.82) is 0 Å². The number of rotatable bonds is 17. The topological polar surface area (TPSA) is 237 Å². The van der Waals surface area contributed by atoms with Crippen molar-refractivity contribution in [2.75, 3.05) is 47.5 Å². The number of aryl methyl sites for hydroxylation is 1. The molecule has 3 aromatic rings. The van der Waals surface area contributed by atoms with Crippen LogP contribution >= 0.6 is 0 Å². The average Bonchev–Trinajstić information content (AvgIpc) is 3.91. The first-order chi connectivity index (χ1) is 36.7. The molecule has 19 heteroatoms. The summed E-state index contributed by atoms with van der Waals surface area (Å²) in [4.78, 5) is 30.7. The molecule has 3 aliphatic heterocycles. The lowest BCUT2D eigenvalue weighted by atomic mass is 9.68. The maximum absolute atomic E-state index is 14.6. The lowest BCUT2D eigenvalue weighted by Gasteiger charge is -2.51. The molecule has 0 saturated carbocycles. The molecular formula is C59H93N5O14. The highest BCUT2D eigenvalue weighted by atomic mass is 16.7. The van der Waals surface area contributed by atoms with Gasteiger partial charge in [-0.25, -0.2) is 4.79 Å². The molecule has 0 aliphatic carbocycles. The molecule has 0 bridgehead atoms. The Bertz CT molecular complexity index is 2350. The number of benzene rings is 2. The summed E-state index contributed by atoms with van der Waals surface area (Å²) in [5.41, 5.74) is -1.18. The molecule has 0 amide bonds. The van der Waals surface area contributed by atoms with Crippen molar-refractivity contribution < 1.29 is 68.3 Å². The number of aliphatic hydroxyl groups excluding tert-OH is 3. The van der Waals surface area contributed by atoms with Crippen LogP contribution in [0, 0.1) is 23.7 Å². The quantitative estimate of drug-likeness (QED) is 0.0806. The van der Waals surface area contributed by atoms with E-state index >= 15 is 0 Å². The Morgan fingerprint density at radius 3 is 2.19 bits per heavy atom. The minimum Gasteiger partial charge on any atom is -0.494 e. The Morgan fingerprint density at radius 2 is 1.56 bits per heavy atom. The Morgan fingerprint density at radius 1 is 0.910 bits per heavy atom. The maximum atomic E-state index is 14.6. The van der Waals surface area contributed by atoms with Crippen LogP contribution in [0.2, 0.25) is 0 Å². The number of carbonyl (C=O) groups excluding carboxylic acids is 2. The minimum absolute atomic E-state index is 0.176. The molecule has 6 rings (SSSR count). The van der Waals surface area contributed by atoms with Gasteiger partial charge in [-0.15, -0.1) is 5.10 Å². The number of hydrogen-bond acceptors (Lipinski definition) is 18. The molecule has 3 fully saturated rings. The Hall–Kier alpha value is -4.12. The lowest BCUT2D eigenvalue weighted by molar-refractivity contribution is -0.302. The largest absolute Gasteiger partial charge is 0.494 e. The second kappa shape index (κ2) is 27.1. The summed E-state index contributed by atoms with van der Waals surface area (Å²) in [6.45, 7) is 22.1. The zero-order valence-corrected chi connectivity index (χ0v) is 48.8. The van der Waals surface area contributed by atoms with Gasteiger partial charge in [-0.3, -0.25) is 9.48 Å². The highest BCUT2D eigenvalue weighted by Crippen LogP contribution is 2.45. The SMILES string of the molecule is CCOC(=O)c1ccc(-c2ccc(OCCCn3cc(CCN(C)[C@H]4C[C@@H](C)O[C@@H](O[C@@H]5[C@@H](C)[C@H](C6C[C@@](C)(OC)[C@@H](O)[C@H](C)O6)[C@@H](C)C(=O)O[C@H](CC)[C@@](C)(O)[C@H](O)[C@@H](C)N(C)C[C@H](C)C[C@@]5(C)O)[C@@H]4O)nn3)cc2)cc1. The summed E-state index contributed by atoms with van der Waals surface area (Å²) >= 11 is 0. The third kappa shape index (κ3) is 15.1. The Labute approximate surface area is 462 Å². The molecule has 3 aliphatic rings. The van der Waals surface area contributed by atoms with E-state index in [9.17, 15) is 35.1 Å². The molecule has 1 unspecified atom stereocenters. The second-order valence-corrected chi connectivity index (χ2v) is 23.5. The highest BCUT2D eigenvalue weighted by molar-refractivity contribution is 5.90. The summed E-state index contributed by atoms with van der Waals surface area (Å²) in [6, 6.07) is 14.2. The van der Waals surface area contributed by atoms with Crippen molar-refractivity contribution in [2.24, 2.45) is 23.7 Å². The first-order valence-corrected chi connectivity index (χ1v) is 28.3. The fraction of sp³-hybridized carbons (Fsp3) is 0.729. The molecular weight excluding hydrogens is 1000 g/mol. The van der Waals surface area contributed by atoms with Gasteiger partial charge in [-0.1, -0.05) is 57.2 Å². The van der Waals surface area contributed by atoms with E-state index in [-0.39, 0.29) is 37.3 Å².